The van der Waals surface area contributed by atoms with Gasteiger partial charge in [0.1, 0.15) is 0 Å². The van der Waals surface area contributed by atoms with E-state index in [9.17, 15) is 9.59 Å². The minimum atomic E-state index is -0.118. The third kappa shape index (κ3) is 6.89. The summed E-state index contributed by atoms with van der Waals surface area (Å²) in [6.45, 7) is 7.94. The van der Waals surface area contributed by atoms with Crippen molar-refractivity contribution in [2.75, 3.05) is 43.4 Å². The number of nitrogens with one attached hydrogen (secondary N) is 2. The number of nitrogens with zero attached hydrogens (tertiary/aromatic N) is 3. The molecule has 1 aromatic heterocycles. The molecule has 0 bridgehead atoms. The molecule has 0 spiro atoms. The fourth-order valence-corrected chi connectivity index (χ4v) is 3.66. The molecule has 2 N–H and O–H groups in total. The third-order valence-corrected chi connectivity index (χ3v) is 5.71. The van der Waals surface area contributed by atoms with Gasteiger partial charge in [0.05, 0.1) is 0 Å². The maximum atomic E-state index is 12.9. The van der Waals surface area contributed by atoms with Crippen LogP contribution in [0.25, 0.3) is 0 Å². The predicted octanol–water partition coefficient (Wildman–Crippen LogP) is 4.56. The molecule has 0 aliphatic rings. The second kappa shape index (κ2) is 12.5. The highest BCUT2D eigenvalue weighted by Crippen LogP contribution is 2.21. The first-order valence-corrected chi connectivity index (χ1v) is 11.7. The molecule has 0 radical (unpaired) electrons. The zero-order valence-electron chi connectivity index (χ0n) is 20.1. The molecule has 7 heteroatoms. The number of anilines is 3. The Bertz CT molecular complexity index is 1080. The maximum Gasteiger partial charge on any atom is 0.258 e. The van der Waals surface area contributed by atoms with Crippen molar-refractivity contribution in [1.29, 1.82) is 0 Å². The monoisotopic (exact) mass is 459 g/mol. The van der Waals surface area contributed by atoms with E-state index in [4.69, 9.17) is 0 Å². The lowest BCUT2D eigenvalue weighted by Gasteiger charge is -2.18. The summed E-state index contributed by atoms with van der Waals surface area (Å²) in [5.41, 5.74) is 3.48. The number of hydrogen-bond acceptors (Lipinski definition) is 5. The summed E-state index contributed by atoms with van der Waals surface area (Å²) >= 11 is 0. The van der Waals surface area contributed by atoms with Gasteiger partial charge in [0.15, 0.2) is 0 Å². The zero-order chi connectivity index (χ0) is 24.3. The fraction of sp³-hybridized carbons (Fsp3) is 0.296. The van der Waals surface area contributed by atoms with E-state index >= 15 is 0 Å². The van der Waals surface area contributed by atoms with E-state index in [2.05, 4.69) is 34.4 Å². The lowest BCUT2D eigenvalue weighted by Crippen LogP contribution is -2.29. The van der Waals surface area contributed by atoms with Crippen LogP contribution >= 0.6 is 0 Å². The van der Waals surface area contributed by atoms with Crippen molar-refractivity contribution in [1.82, 2.24) is 15.2 Å². The molecular weight excluding hydrogens is 426 g/mol. The normalized spacial score (nSPS) is 10.7. The first kappa shape index (κ1) is 24.9. The highest BCUT2D eigenvalue weighted by Gasteiger charge is 2.14. The van der Waals surface area contributed by atoms with Gasteiger partial charge >= 0.3 is 0 Å². The van der Waals surface area contributed by atoms with Crippen LogP contribution in [-0.4, -0.2) is 54.9 Å². The number of aromatic nitrogens is 1. The Kier molecular flexibility index (Phi) is 9.17. The van der Waals surface area contributed by atoms with Gasteiger partial charge in [-0.3, -0.25) is 14.6 Å². The average Bonchev–Trinajstić information content (AvgIpc) is 2.88. The maximum absolute atomic E-state index is 12.9. The van der Waals surface area contributed by atoms with Gasteiger partial charge in [-0.05, 0) is 74.6 Å². The molecular formula is C27H33N5O2. The van der Waals surface area contributed by atoms with Gasteiger partial charge in [-0.25, -0.2) is 0 Å². The van der Waals surface area contributed by atoms with Crippen molar-refractivity contribution in [2.45, 2.75) is 20.3 Å². The predicted molar refractivity (Wildman–Crippen MR) is 138 cm³/mol. The highest BCUT2D eigenvalue weighted by molar-refractivity contribution is 6.06. The van der Waals surface area contributed by atoms with Gasteiger partial charge in [-0.15, -0.1) is 0 Å². The molecule has 1 heterocycles. The number of benzene rings is 2. The van der Waals surface area contributed by atoms with Crippen LogP contribution in [-0.2, 0) is 0 Å². The van der Waals surface area contributed by atoms with E-state index in [1.54, 1.807) is 54.7 Å². The second-order valence-corrected chi connectivity index (χ2v) is 7.99. The Hall–Kier alpha value is -3.71. The van der Waals surface area contributed by atoms with Gasteiger partial charge in [0.25, 0.3) is 11.8 Å². The number of pyridine rings is 1. The molecule has 0 unspecified atom stereocenters. The van der Waals surface area contributed by atoms with Crippen molar-refractivity contribution >= 4 is 28.9 Å². The standard InChI is InChI=1S/C27H33N5O2/c1-4-32(5-2)18-8-15-29-26(33)21-9-6-11-23(19-21)30-24-12-7-10-22(20-24)27(34)31(3)25-13-16-28-17-14-25/h6-7,9-14,16-17,19-20,30H,4-5,8,15,18H2,1-3H3,(H,29,33). The highest BCUT2D eigenvalue weighted by atomic mass is 16.2. The van der Waals surface area contributed by atoms with E-state index in [1.807, 2.05) is 30.3 Å². The molecule has 3 aromatic rings. The smallest absolute Gasteiger partial charge is 0.258 e. The molecule has 7 nitrogen and oxygen atoms in total. The largest absolute Gasteiger partial charge is 0.355 e. The summed E-state index contributed by atoms with van der Waals surface area (Å²) in [4.78, 5) is 33.4. The average molecular weight is 460 g/mol. The number of hydrogen-bond donors (Lipinski definition) is 2. The summed E-state index contributed by atoms with van der Waals surface area (Å²) in [5, 5.41) is 6.30. The molecule has 0 aliphatic carbocycles. The molecule has 2 amide bonds. The zero-order valence-corrected chi connectivity index (χ0v) is 20.1. The lowest BCUT2D eigenvalue weighted by atomic mass is 10.1. The van der Waals surface area contributed by atoms with Crippen molar-refractivity contribution in [3.63, 3.8) is 0 Å². The Morgan fingerprint density at radius 1 is 0.882 bits per heavy atom. The number of amides is 2. The van der Waals surface area contributed by atoms with E-state index in [1.165, 1.54) is 0 Å². The Morgan fingerprint density at radius 3 is 2.15 bits per heavy atom. The molecule has 3 rings (SSSR count). The topological polar surface area (TPSA) is 77.6 Å². The molecule has 0 saturated carbocycles. The fourth-order valence-electron chi connectivity index (χ4n) is 3.66. The van der Waals surface area contributed by atoms with E-state index in [0.29, 0.717) is 17.7 Å². The van der Waals surface area contributed by atoms with Crippen molar-refractivity contribution in [2.24, 2.45) is 0 Å². The number of carbonyl (C=O) groups excluding carboxylic acids is 2. The first-order valence-electron chi connectivity index (χ1n) is 11.7. The van der Waals surface area contributed by atoms with Crippen molar-refractivity contribution in [3.05, 3.63) is 84.2 Å². The van der Waals surface area contributed by atoms with Crippen LogP contribution in [0.4, 0.5) is 17.1 Å². The quantitative estimate of drug-likeness (QED) is 0.411. The SMILES string of the molecule is CCN(CC)CCCNC(=O)c1cccc(Nc2cccc(C(=O)N(C)c3ccncc3)c2)c1. The van der Waals surface area contributed by atoms with E-state index < -0.39 is 0 Å². The molecule has 34 heavy (non-hydrogen) atoms. The van der Waals surface area contributed by atoms with Crippen LogP contribution in [0.3, 0.4) is 0 Å². The van der Waals surface area contributed by atoms with Gasteiger partial charge < -0.3 is 20.4 Å². The minimum Gasteiger partial charge on any atom is -0.355 e. The van der Waals surface area contributed by atoms with E-state index in [-0.39, 0.29) is 11.8 Å². The molecule has 178 valence electrons. The summed E-state index contributed by atoms with van der Waals surface area (Å²) in [6, 6.07) is 18.3. The van der Waals surface area contributed by atoms with Crippen molar-refractivity contribution in [3.8, 4) is 0 Å². The molecule has 0 aliphatic heterocycles. The summed E-state index contributed by atoms with van der Waals surface area (Å²) < 4.78 is 0. The van der Waals surface area contributed by atoms with Crippen LogP contribution < -0.4 is 15.5 Å². The number of carbonyl (C=O) groups is 2. The van der Waals surface area contributed by atoms with Crippen LogP contribution in [0.2, 0.25) is 0 Å². The molecule has 2 aromatic carbocycles. The van der Waals surface area contributed by atoms with Gasteiger partial charge in [0, 0.05) is 54.2 Å². The van der Waals surface area contributed by atoms with Gasteiger partial charge in [-0.1, -0.05) is 26.0 Å². The second-order valence-electron chi connectivity index (χ2n) is 7.99. The Balaban J connectivity index is 1.61. The third-order valence-electron chi connectivity index (χ3n) is 5.71. The van der Waals surface area contributed by atoms with Crippen LogP contribution in [0.1, 0.15) is 41.0 Å². The molecule has 0 saturated heterocycles. The Labute approximate surface area is 201 Å². The summed E-state index contributed by atoms with van der Waals surface area (Å²) in [5.74, 6) is -0.209. The summed E-state index contributed by atoms with van der Waals surface area (Å²) in [7, 11) is 1.74. The lowest BCUT2D eigenvalue weighted by molar-refractivity contribution is 0.0950. The minimum absolute atomic E-state index is 0.0916. The summed E-state index contributed by atoms with van der Waals surface area (Å²) in [6.07, 6.45) is 4.23. The molecule has 0 atom stereocenters. The van der Waals surface area contributed by atoms with E-state index in [0.717, 1.165) is 43.1 Å². The Morgan fingerprint density at radius 2 is 1.50 bits per heavy atom. The van der Waals surface area contributed by atoms with Crippen molar-refractivity contribution < 1.29 is 9.59 Å². The van der Waals surface area contributed by atoms with Gasteiger partial charge in [0.2, 0.25) is 0 Å². The number of rotatable bonds is 11. The van der Waals surface area contributed by atoms with Crippen LogP contribution in [0.15, 0.2) is 73.1 Å². The van der Waals surface area contributed by atoms with Gasteiger partial charge in [-0.2, -0.15) is 0 Å². The van der Waals surface area contributed by atoms with Crippen LogP contribution in [0, 0.1) is 0 Å². The molecule has 0 fully saturated rings. The first-order chi connectivity index (χ1) is 16.5. The van der Waals surface area contributed by atoms with Crippen LogP contribution in [0.5, 0.6) is 0 Å².